The predicted octanol–water partition coefficient (Wildman–Crippen LogP) is 5.05. The van der Waals surface area contributed by atoms with Gasteiger partial charge in [-0.15, -0.1) is 0 Å². The fourth-order valence-corrected chi connectivity index (χ4v) is 2.99. The van der Waals surface area contributed by atoms with Crippen molar-refractivity contribution in [3.05, 3.63) is 83.4 Å². The summed E-state index contributed by atoms with van der Waals surface area (Å²) in [6.07, 6.45) is 4.23. The molecule has 132 valence electrons. The Bertz CT molecular complexity index is 923. The number of aryl methyl sites for hydroxylation is 2. The van der Waals surface area contributed by atoms with Crippen LogP contribution in [0.15, 0.2) is 60.9 Å². The molecule has 0 unspecified atom stereocenters. The molecule has 1 heterocycles. The van der Waals surface area contributed by atoms with E-state index in [0.29, 0.717) is 6.42 Å². The Labute approximate surface area is 152 Å². The molecule has 0 atom stereocenters. The first kappa shape index (κ1) is 17.8. The third kappa shape index (κ3) is 3.97. The summed E-state index contributed by atoms with van der Waals surface area (Å²) in [6.45, 7) is 1.99. The number of hydrogen-bond donors (Lipinski definition) is 1. The zero-order valence-electron chi connectivity index (χ0n) is 14.9. The largest absolute Gasteiger partial charge is 0.388 e. The lowest BCUT2D eigenvalue weighted by molar-refractivity contribution is 0.0979. The van der Waals surface area contributed by atoms with Gasteiger partial charge in [0.2, 0.25) is 0 Å². The summed E-state index contributed by atoms with van der Waals surface area (Å²) in [5.41, 5.74) is 4.89. The molecule has 0 saturated carbocycles. The van der Waals surface area contributed by atoms with Gasteiger partial charge in [-0.25, -0.2) is 4.39 Å². The molecule has 0 aliphatic carbocycles. The van der Waals surface area contributed by atoms with Crippen molar-refractivity contribution in [1.29, 1.82) is 0 Å². The Morgan fingerprint density at radius 3 is 2.65 bits per heavy atom. The van der Waals surface area contributed by atoms with Crippen molar-refractivity contribution in [3.8, 4) is 11.1 Å². The van der Waals surface area contributed by atoms with Crippen molar-refractivity contribution in [2.75, 3.05) is 12.4 Å². The Morgan fingerprint density at radius 1 is 1.15 bits per heavy atom. The number of aromatic nitrogens is 1. The quantitative estimate of drug-likeness (QED) is 0.634. The van der Waals surface area contributed by atoms with Crippen molar-refractivity contribution in [2.24, 2.45) is 0 Å². The van der Waals surface area contributed by atoms with Gasteiger partial charge in [-0.05, 0) is 65.9 Å². The van der Waals surface area contributed by atoms with Crippen molar-refractivity contribution in [2.45, 2.75) is 19.8 Å². The standard InChI is InChI=1S/C22H21FN2O/c1-15-12-18(24-2)7-9-19(15)17-6-8-20(21(23)13-17)22(26)10-5-16-4-3-11-25-14-16/h3-4,6-9,11-14,24H,5,10H2,1-2H3. The summed E-state index contributed by atoms with van der Waals surface area (Å²) in [6, 6.07) is 14.5. The van der Waals surface area contributed by atoms with E-state index in [1.807, 2.05) is 50.4 Å². The first-order valence-corrected chi connectivity index (χ1v) is 8.59. The molecule has 0 spiro atoms. The van der Waals surface area contributed by atoms with Crippen LogP contribution in [0.4, 0.5) is 10.1 Å². The molecule has 3 rings (SSSR count). The molecule has 0 aliphatic heterocycles. The number of nitrogens with zero attached hydrogens (tertiary/aromatic N) is 1. The maximum atomic E-state index is 14.5. The fourth-order valence-electron chi connectivity index (χ4n) is 2.99. The normalized spacial score (nSPS) is 10.6. The van der Waals surface area contributed by atoms with E-state index >= 15 is 0 Å². The second kappa shape index (κ2) is 7.91. The van der Waals surface area contributed by atoms with Crippen LogP contribution in [0.1, 0.15) is 27.9 Å². The van der Waals surface area contributed by atoms with E-state index in [1.54, 1.807) is 18.5 Å². The Hall–Kier alpha value is -3.01. The number of carbonyl (C=O) groups is 1. The molecule has 3 aromatic rings. The van der Waals surface area contributed by atoms with Gasteiger partial charge in [0.05, 0.1) is 5.56 Å². The molecule has 0 amide bonds. The lowest BCUT2D eigenvalue weighted by Crippen LogP contribution is -2.04. The minimum atomic E-state index is -0.476. The third-order valence-corrected chi connectivity index (χ3v) is 4.46. The highest BCUT2D eigenvalue weighted by Crippen LogP contribution is 2.27. The number of hydrogen-bond acceptors (Lipinski definition) is 3. The summed E-state index contributed by atoms with van der Waals surface area (Å²) in [5.74, 6) is -0.670. The van der Waals surface area contributed by atoms with Gasteiger partial charge in [0.1, 0.15) is 5.82 Å². The van der Waals surface area contributed by atoms with Crippen molar-refractivity contribution in [3.63, 3.8) is 0 Å². The molecular weight excluding hydrogens is 327 g/mol. The summed E-state index contributed by atoms with van der Waals surface area (Å²) in [5, 5.41) is 3.09. The van der Waals surface area contributed by atoms with Crippen molar-refractivity contribution in [1.82, 2.24) is 4.98 Å². The van der Waals surface area contributed by atoms with Gasteiger partial charge in [-0.3, -0.25) is 9.78 Å². The summed E-state index contributed by atoms with van der Waals surface area (Å²) < 4.78 is 14.5. The van der Waals surface area contributed by atoms with E-state index in [-0.39, 0.29) is 17.8 Å². The van der Waals surface area contributed by atoms with Crippen molar-refractivity contribution < 1.29 is 9.18 Å². The number of rotatable bonds is 6. The van der Waals surface area contributed by atoms with E-state index < -0.39 is 5.82 Å². The minimum Gasteiger partial charge on any atom is -0.388 e. The molecule has 4 heteroatoms. The Balaban J connectivity index is 1.78. The smallest absolute Gasteiger partial charge is 0.166 e. The summed E-state index contributed by atoms with van der Waals surface area (Å²) in [7, 11) is 1.86. The van der Waals surface area contributed by atoms with Crippen LogP contribution in [0.5, 0.6) is 0 Å². The lowest BCUT2D eigenvalue weighted by atomic mass is 9.96. The van der Waals surface area contributed by atoms with Crippen LogP contribution in [0.2, 0.25) is 0 Å². The SMILES string of the molecule is CNc1ccc(-c2ccc(C(=O)CCc3cccnc3)c(F)c2)c(C)c1. The fraction of sp³-hybridized carbons (Fsp3) is 0.182. The number of Topliss-reactive ketones (excluding diaryl/α,β-unsaturated/α-hetero) is 1. The molecule has 0 saturated heterocycles. The van der Waals surface area contributed by atoms with Crippen LogP contribution in [0.3, 0.4) is 0 Å². The highest BCUT2D eigenvalue weighted by atomic mass is 19.1. The van der Waals surface area contributed by atoms with Crippen LogP contribution >= 0.6 is 0 Å². The third-order valence-electron chi connectivity index (χ3n) is 4.46. The highest BCUT2D eigenvalue weighted by Gasteiger charge is 2.14. The van der Waals surface area contributed by atoms with Gasteiger partial charge in [-0.1, -0.05) is 18.2 Å². The number of anilines is 1. The average Bonchev–Trinajstić information content (AvgIpc) is 2.66. The maximum Gasteiger partial charge on any atom is 0.166 e. The monoisotopic (exact) mass is 348 g/mol. The van der Waals surface area contributed by atoms with Gasteiger partial charge < -0.3 is 5.32 Å². The molecule has 0 radical (unpaired) electrons. The van der Waals surface area contributed by atoms with E-state index in [0.717, 1.165) is 27.9 Å². The average molecular weight is 348 g/mol. The molecule has 3 nitrogen and oxygen atoms in total. The summed E-state index contributed by atoms with van der Waals surface area (Å²) >= 11 is 0. The second-order valence-electron chi connectivity index (χ2n) is 6.26. The maximum absolute atomic E-state index is 14.5. The molecule has 0 bridgehead atoms. The number of benzene rings is 2. The zero-order chi connectivity index (χ0) is 18.5. The van der Waals surface area contributed by atoms with Gasteiger partial charge in [0, 0.05) is 31.5 Å². The lowest BCUT2D eigenvalue weighted by Gasteiger charge is -2.10. The summed E-state index contributed by atoms with van der Waals surface area (Å²) in [4.78, 5) is 16.4. The molecule has 1 aromatic heterocycles. The highest BCUT2D eigenvalue weighted by molar-refractivity contribution is 5.97. The first-order valence-electron chi connectivity index (χ1n) is 8.59. The van der Waals surface area contributed by atoms with Crippen LogP contribution in [0, 0.1) is 12.7 Å². The van der Waals surface area contributed by atoms with E-state index in [9.17, 15) is 9.18 Å². The Kier molecular flexibility index (Phi) is 5.42. The molecule has 0 fully saturated rings. The van der Waals surface area contributed by atoms with E-state index in [2.05, 4.69) is 10.3 Å². The van der Waals surface area contributed by atoms with Crippen LogP contribution < -0.4 is 5.32 Å². The van der Waals surface area contributed by atoms with E-state index in [1.165, 1.54) is 6.07 Å². The molecule has 1 N–H and O–H groups in total. The number of nitrogens with one attached hydrogen (secondary N) is 1. The molecular formula is C22H21FN2O. The van der Waals surface area contributed by atoms with E-state index in [4.69, 9.17) is 0 Å². The van der Waals surface area contributed by atoms with Gasteiger partial charge in [-0.2, -0.15) is 0 Å². The zero-order valence-corrected chi connectivity index (χ0v) is 14.9. The molecule has 0 aliphatic rings. The molecule has 26 heavy (non-hydrogen) atoms. The number of pyridine rings is 1. The number of halogens is 1. The second-order valence-corrected chi connectivity index (χ2v) is 6.26. The minimum absolute atomic E-state index is 0.141. The topological polar surface area (TPSA) is 42.0 Å². The van der Waals surface area contributed by atoms with Crippen LogP contribution in [0.25, 0.3) is 11.1 Å². The Morgan fingerprint density at radius 2 is 2.00 bits per heavy atom. The number of ketones is 1. The van der Waals surface area contributed by atoms with Gasteiger partial charge in [0.25, 0.3) is 0 Å². The van der Waals surface area contributed by atoms with Crippen LogP contribution in [-0.4, -0.2) is 17.8 Å². The predicted molar refractivity (Wildman–Crippen MR) is 103 cm³/mol. The van der Waals surface area contributed by atoms with Crippen LogP contribution in [-0.2, 0) is 6.42 Å². The van der Waals surface area contributed by atoms with Gasteiger partial charge >= 0.3 is 0 Å². The van der Waals surface area contributed by atoms with Crippen molar-refractivity contribution >= 4 is 11.5 Å². The first-order chi connectivity index (χ1) is 12.6. The van der Waals surface area contributed by atoms with Gasteiger partial charge in [0.15, 0.2) is 5.78 Å². The number of carbonyl (C=O) groups excluding carboxylic acids is 1. The molecule has 2 aromatic carbocycles.